The zero-order valence-corrected chi connectivity index (χ0v) is 19.1. The van der Waals surface area contributed by atoms with Crippen molar-refractivity contribution in [3.63, 3.8) is 0 Å². The van der Waals surface area contributed by atoms with Gasteiger partial charge in [0.2, 0.25) is 5.91 Å². The molecule has 2 saturated heterocycles. The summed E-state index contributed by atoms with van der Waals surface area (Å²) in [6.45, 7) is 1.70. The molecule has 32 heavy (non-hydrogen) atoms. The van der Waals surface area contributed by atoms with Crippen molar-refractivity contribution in [2.75, 3.05) is 26.7 Å². The van der Waals surface area contributed by atoms with E-state index in [0.29, 0.717) is 18.8 Å². The second-order valence-electron chi connectivity index (χ2n) is 9.49. The summed E-state index contributed by atoms with van der Waals surface area (Å²) in [5.74, 6) is 1.41. The van der Waals surface area contributed by atoms with E-state index >= 15 is 0 Å². The molecule has 0 unspecified atom stereocenters. The fraction of sp³-hybridized carbons (Fsp3) is 0.640. The average Bonchev–Trinajstić information content (AvgIpc) is 3.05. The van der Waals surface area contributed by atoms with E-state index in [1.165, 1.54) is 10.5 Å². The quantitative estimate of drug-likeness (QED) is 0.657. The van der Waals surface area contributed by atoms with Crippen LogP contribution in [-0.2, 0) is 16.0 Å². The predicted molar refractivity (Wildman–Crippen MR) is 121 cm³/mol. The number of amides is 4. The third-order valence-electron chi connectivity index (χ3n) is 7.47. The third kappa shape index (κ3) is 4.92. The summed E-state index contributed by atoms with van der Waals surface area (Å²) in [7, 11) is 1.68. The van der Waals surface area contributed by atoms with E-state index in [1.807, 2.05) is 17.0 Å². The van der Waals surface area contributed by atoms with E-state index in [-0.39, 0.29) is 30.8 Å². The molecule has 1 aromatic rings. The fourth-order valence-electron chi connectivity index (χ4n) is 5.37. The number of nitrogens with one attached hydrogen (secondary N) is 1. The first-order valence-electron chi connectivity index (χ1n) is 12.1. The van der Waals surface area contributed by atoms with Crippen LogP contribution in [0.2, 0.25) is 0 Å². The number of carbonyl (C=O) groups excluding carboxylic acids is 3. The molecule has 4 amide bonds. The molecule has 1 aliphatic carbocycles. The van der Waals surface area contributed by atoms with Gasteiger partial charge in [0.05, 0.1) is 7.11 Å². The summed E-state index contributed by atoms with van der Waals surface area (Å²) in [6.07, 6.45) is 8.86. The van der Waals surface area contributed by atoms with Gasteiger partial charge in [-0.3, -0.25) is 14.5 Å². The van der Waals surface area contributed by atoms with E-state index in [2.05, 4.69) is 17.4 Å². The molecule has 174 valence electrons. The Hall–Kier alpha value is -2.57. The third-order valence-corrected chi connectivity index (χ3v) is 7.47. The molecule has 3 aliphatic rings. The molecule has 7 nitrogen and oxygen atoms in total. The number of aryl methyl sites for hydroxylation is 1. The Morgan fingerprint density at radius 3 is 2.44 bits per heavy atom. The summed E-state index contributed by atoms with van der Waals surface area (Å²) < 4.78 is 5.21. The van der Waals surface area contributed by atoms with Crippen LogP contribution in [-0.4, -0.2) is 59.9 Å². The van der Waals surface area contributed by atoms with E-state index < -0.39 is 5.54 Å². The molecule has 0 bridgehead atoms. The minimum atomic E-state index is -0.708. The smallest absolute Gasteiger partial charge is 0.325 e. The number of ether oxygens (including phenoxy) is 1. The van der Waals surface area contributed by atoms with Gasteiger partial charge in [-0.25, -0.2) is 4.79 Å². The van der Waals surface area contributed by atoms with Gasteiger partial charge < -0.3 is 15.0 Å². The van der Waals surface area contributed by atoms with Crippen molar-refractivity contribution in [3.05, 3.63) is 29.8 Å². The Balaban J connectivity index is 1.19. The van der Waals surface area contributed by atoms with E-state index in [4.69, 9.17) is 4.74 Å². The lowest BCUT2D eigenvalue weighted by Crippen LogP contribution is -2.48. The zero-order valence-electron chi connectivity index (χ0n) is 19.1. The maximum absolute atomic E-state index is 12.9. The van der Waals surface area contributed by atoms with Crippen molar-refractivity contribution in [3.8, 4) is 5.75 Å². The Bertz CT molecular complexity index is 824. The maximum Gasteiger partial charge on any atom is 0.325 e. The van der Waals surface area contributed by atoms with Crippen LogP contribution in [0.15, 0.2) is 24.3 Å². The first-order valence-corrected chi connectivity index (χ1v) is 12.1. The van der Waals surface area contributed by atoms with Crippen molar-refractivity contribution in [1.82, 2.24) is 15.1 Å². The van der Waals surface area contributed by atoms with Crippen LogP contribution in [0.4, 0.5) is 4.79 Å². The Labute approximate surface area is 190 Å². The summed E-state index contributed by atoms with van der Waals surface area (Å²) in [5.41, 5.74) is 0.606. The number of piperidine rings is 1. The van der Waals surface area contributed by atoms with Crippen molar-refractivity contribution in [1.29, 1.82) is 0 Å². The lowest BCUT2D eigenvalue weighted by atomic mass is 9.82. The van der Waals surface area contributed by atoms with Crippen molar-refractivity contribution >= 4 is 17.8 Å². The molecule has 2 heterocycles. The normalized spacial score (nSPS) is 21.2. The first kappa shape index (κ1) is 22.6. The van der Waals surface area contributed by atoms with Crippen molar-refractivity contribution < 1.29 is 19.1 Å². The van der Waals surface area contributed by atoms with Crippen LogP contribution in [0.3, 0.4) is 0 Å². The van der Waals surface area contributed by atoms with Crippen LogP contribution in [0.5, 0.6) is 5.75 Å². The van der Waals surface area contributed by atoms with Crippen LogP contribution in [0.25, 0.3) is 0 Å². The molecule has 2 aliphatic heterocycles. The van der Waals surface area contributed by atoms with E-state index in [0.717, 1.165) is 63.8 Å². The van der Waals surface area contributed by atoms with Crippen LogP contribution < -0.4 is 10.1 Å². The van der Waals surface area contributed by atoms with Gasteiger partial charge in [0, 0.05) is 26.1 Å². The summed E-state index contributed by atoms with van der Waals surface area (Å²) >= 11 is 0. The van der Waals surface area contributed by atoms with Crippen LogP contribution >= 0.6 is 0 Å². The van der Waals surface area contributed by atoms with Gasteiger partial charge >= 0.3 is 6.03 Å². The van der Waals surface area contributed by atoms with Gasteiger partial charge in [-0.05, 0) is 62.1 Å². The number of nitrogens with zero attached hydrogens (tertiary/aromatic N) is 2. The number of methoxy groups -OCH3 is 1. The van der Waals surface area contributed by atoms with Gasteiger partial charge in [0.1, 0.15) is 11.3 Å². The largest absolute Gasteiger partial charge is 0.497 e. The van der Waals surface area contributed by atoms with Crippen molar-refractivity contribution in [2.45, 2.75) is 69.7 Å². The minimum Gasteiger partial charge on any atom is -0.497 e. The molecular formula is C25H35N3O4. The number of hydrogen-bond acceptors (Lipinski definition) is 4. The molecule has 7 heteroatoms. The van der Waals surface area contributed by atoms with Gasteiger partial charge in [0.15, 0.2) is 0 Å². The molecule has 1 saturated carbocycles. The lowest BCUT2D eigenvalue weighted by molar-refractivity contribution is -0.135. The summed E-state index contributed by atoms with van der Waals surface area (Å²) in [6, 6.07) is 7.90. The lowest BCUT2D eigenvalue weighted by Gasteiger charge is -2.32. The number of imide groups is 1. The van der Waals surface area contributed by atoms with Gasteiger partial charge in [-0.2, -0.15) is 0 Å². The second kappa shape index (κ2) is 9.92. The highest BCUT2D eigenvalue weighted by atomic mass is 16.5. The molecule has 1 N–H and O–H groups in total. The molecule has 0 aromatic heterocycles. The number of benzene rings is 1. The Kier molecular flexibility index (Phi) is 7.01. The highest BCUT2D eigenvalue weighted by Gasteiger charge is 2.51. The molecule has 3 fully saturated rings. The number of likely N-dealkylation sites (tertiary alicyclic amines) is 1. The first-order chi connectivity index (χ1) is 15.5. The van der Waals surface area contributed by atoms with E-state index in [1.54, 1.807) is 7.11 Å². The van der Waals surface area contributed by atoms with Crippen molar-refractivity contribution in [2.24, 2.45) is 5.92 Å². The number of carbonyl (C=O) groups is 3. The molecular weight excluding hydrogens is 406 g/mol. The number of rotatable bonds is 7. The summed E-state index contributed by atoms with van der Waals surface area (Å²) in [4.78, 5) is 41.1. The fourth-order valence-corrected chi connectivity index (χ4v) is 5.37. The standard InChI is InChI=1S/C25H35N3O4/c1-32-21-9-7-19(8-10-21)5-6-20-11-16-27(17-12-20)22(29)13-18-28-23(30)25(26-24(28)31)14-3-2-4-15-25/h7-10,20H,2-6,11-18H2,1H3,(H,26,31). The minimum absolute atomic E-state index is 0.0452. The predicted octanol–water partition coefficient (Wildman–Crippen LogP) is 3.51. The SMILES string of the molecule is COc1ccc(CCC2CCN(C(=O)CCN3C(=O)NC4(CCCCC4)C3=O)CC2)cc1. The van der Waals surface area contributed by atoms with Gasteiger partial charge in [-0.15, -0.1) is 0 Å². The average molecular weight is 442 g/mol. The number of urea groups is 1. The second-order valence-corrected chi connectivity index (χ2v) is 9.49. The molecule has 0 radical (unpaired) electrons. The highest BCUT2D eigenvalue weighted by molar-refractivity contribution is 6.07. The van der Waals surface area contributed by atoms with Crippen LogP contribution in [0.1, 0.15) is 63.4 Å². The number of hydrogen-bond donors (Lipinski definition) is 1. The van der Waals surface area contributed by atoms with E-state index in [9.17, 15) is 14.4 Å². The highest BCUT2D eigenvalue weighted by Crippen LogP contribution is 2.33. The monoisotopic (exact) mass is 441 g/mol. The Morgan fingerprint density at radius 2 is 1.78 bits per heavy atom. The molecule has 1 spiro atoms. The molecule has 1 aromatic carbocycles. The molecule has 4 rings (SSSR count). The van der Waals surface area contributed by atoms with Gasteiger partial charge in [0.25, 0.3) is 5.91 Å². The van der Waals surface area contributed by atoms with Gasteiger partial charge in [-0.1, -0.05) is 31.4 Å². The van der Waals surface area contributed by atoms with Crippen LogP contribution in [0, 0.1) is 5.92 Å². The zero-order chi connectivity index (χ0) is 22.6. The maximum atomic E-state index is 12.9. The topological polar surface area (TPSA) is 79.0 Å². The Morgan fingerprint density at radius 1 is 1.09 bits per heavy atom. The summed E-state index contributed by atoms with van der Waals surface area (Å²) in [5, 5.41) is 2.92. The molecule has 0 atom stereocenters.